The molecule has 0 spiro atoms. The van der Waals surface area contributed by atoms with Crippen LogP contribution in [-0.4, -0.2) is 61.8 Å². The van der Waals surface area contributed by atoms with Crippen LogP contribution in [0.25, 0.3) is 0 Å². The number of aliphatic imine (C=N–C) groups is 1. The standard InChI is InChI=1S/C17H31N3OS/c1-18-17(19-12-14-6-10-22-11-7-14)20-8-4-16(5-9-20)21-13-15-2-3-15/h14-16H,2-13H2,1H3,(H,18,19). The van der Waals surface area contributed by atoms with Crippen molar-refractivity contribution in [2.24, 2.45) is 16.8 Å². The maximum absolute atomic E-state index is 6.03. The van der Waals surface area contributed by atoms with E-state index in [-0.39, 0.29) is 0 Å². The Bertz CT molecular complexity index is 359. The van der Waals surface area contributed by atoms with Crippen molar-refractivity contribution < 1.29 is 4.74 Å². The second kappa shape index (κ2) is 8.44. The maximum atomic E-state index is 6.03. The van der Waals surface area contributed by atoms with E-state index in [2.05, 4.69) is 27.0 Å². The topological polar surface area (TPSA) is 36.9 Å². The number of thioether (sulfide) groups is 1. The molecule has 3 fully saturated rings. The Labute approximate surface area is 139 Å². The smallest absolute Gasteiger partial charge is 0.193 e. The first-order valence-corrected chi connectivity index (χ1v) is 10.2. The number of ether oxygens (including phenoxy) is 1. The molecule has 0 unspecified atom stereocenters. The first kappa shape index (κ1) is 16.4. The van der Waals surface area contributed by atoms with Gasteiger partial charge in [0.15, 0.2) is 5.96 Å². The molecule has 3 rings (SSSR count). The zero-order valence-corrected chi connectivity index (χ0v) is 14.7. The Morgan fingerprint density at radius 2 is 1.82 bits per heavy atom. The molecular weight excluding hydrogens is 294 g/mol. The predicted octanol–water partition coefficient (Wildman–Crippen LogP) is 2.60. The van der Waals surface area contributed by atoms with E-state index in [0.29, 0.717) is 6.10 Å². The molecule has 0 aromatic rings. The number of piperidine rings is 1. The SMILES string of the molecule is CN=C(NCC1CCSCC1)N1CCC(OCC2CC2)CC1. The van der Waals surface area contributed by atoms with E-state index in [9.17, 15) is 0 Å². The summed E-state index contributed by atoms with van der Waals surface area (Å²) in [6, 6.07) is 0. The van der Waals surface area contributed by atoms with Gasteiger partial charge in [-0.15, -0.1) is 0 Å². The van der Waals surface area contributed by atoms with Gasteiger partial charge in [-0.1, -0.05) is 0 Å². The van der Waals surface area contributed by atoms with Crippen molar-refractivity contribution in [2.45, 2.75) is 44.6 Å². The third-order valence-electron chi connectivity index (χ3n) is 5.11. The minimum Gasteiger partial charge on any atom is -0.378 e. The summed E-state index contributed by atoms with van der Waals surface area (Å²) in [4.78, 5) is 6.90. The van der Waals surface area contributed by atoms with Gasteiger partial charge in [0.2, 0.25) is 0 Å². The van der Waals surface area contributed by atoms with Crippen LogP contribution in [0.1, 0.15) is 38.5 Å². The van der Waals surface area contributed by atoms with E-state index < -0.39 is 0 Å². The van der Waals surface area contributed by atoms with Crippen molar-refractivity contribution in [3.63, 3.8) is 0 Å². The summed E-state index contributed by atoms with van der Waals surface area (Å²) in [6.07, 6.45) is 8.24. The van der Waals surface area contributed by atoms with E-state index in [1.54, 1.807) is 0 Å². The van der Waals surface area contributed by atoms with Crippen molar-refractivity contribution in [1.29, 1.82) is 0 Å². The molecule has 0 aromatic heterocycles. The molecule has 0 radical (unpaired) electrons. The molecule has 1 saturated carbocycles. The minimum atomic E-state index is 0.477. The molecule has 22 heavy (non-hydrogen) atoms. The van der Waals surface area contributed by atoms with Gasteiger partial charge in [-0.05, 0) is 61.9 Å². The third-order valence-corrected chi connectivity index (χ3v) is 6.16. The highest BCUT2D eigenvalue weighted by Gasteiger charge is 2.26. The predicted molar refractivity (Wildman–Crippen MR) is 94.7 cm³/mol. The summed E-state index contributed by atoms with van der Waals surface area (Å²) in [5.74, 6) is 5.46. The number of rotatable bonds is 5. The summed E-state index contributed by atoms with van der Waals surface area (Å²) in [5, 5.41) is 3.61. The summed E-state index contributed by atoms with van der Waals surface area (Å²) in [6.45, 7) is 4.24. The Balaban J connectivity index is 1.36. The van der Waals surface area contributed by atoms with Crippen LogP contribution < -0.4 is 5.32 Å². The third kappa shape index (κ3) is 5.05. The number of hydrogen-bond acceptors (Lipinski definition) is 3. The zero-order valence-electron chi connectivity index (χ0n) is 13.9. The Hall–Kier alpha value is -0.420. The highest BCUT2D eigenvalue weighted by atomic mass is 32.2. The molecule has 0 bridgehead atoms. The highest BCUT2D eigenvalue weighted by molar-refractivity contribution is 7.99. The molecule has 126 valence electrons. The zero-order chi connectivity index (χ0) is 15.2. The van der Waals surface area contributed by atoms with E-state index >= 15 is 0 Å². The molecule has 2 heterocycles. The van der Waals surface area contributed by atoms with Crippen molar-refractivity contribution in [3.8, 4) is 0 Å². The Kier molecular flexibility index (Phi) is 6.30. The molecule has 4 nitrogen and oxygen atoms in total. The van der Waals surface area contributed by atoms with Crippen molar-refractivity contribution in [1.82, 2.24) is 10.2 Å². The maximum Gasteiger partial charge on any atom is 0.193 e. The van der Waals surface area contributed by atoms with E-state index in [0.717, 1.165) is 56.9 Å². The van der Waals surface area contributed by atoms with Crippen LogP contribution in [-0.2, 0) is 4.74 Å². The van der Waals surface area contributed by atoms with Crippen molar-refractivity contribution in [3.05, 3.63) is 0 Å². The number of guanidine groups is 1. The second-order valence-electron chi connectivity index (χ2n) is 6.95. The Morgan fingerprint density at radius 3 is 2.45 bits per heavy atom. The van der Waals surface area contributed by atoms with Crippen LogP contribution in [0.3, 0.4) is 0 Å². The molecule has 0 atom stereocenters. The lowest BCUT2D eigenvalue weighted by Crippen LogP contribution is -2.48. The van der Waals surface area contributed by atoms with Gasteiger partial charge in [0.1, 0.15) is 0 Å². The summed E-state index contributed by atoms with van der Waals surface area (Å²) < 4.78 is 6.03. The van der Waals surface area contributed by atoms with Gasteiger partial charge in [-0.2, -0.15) is 11.8 Å². The van der Waals surface area contributed by atoms with E-state index in [4.69, 9.17) is 4.74 Å². The minimum absolute atomic E-state index is 0.477. The van der Waals surface area contributed by atoms with Crippen molar-refractivity contribution in [2.75, 3.05) is 44.8 Å². The molecule has 0 aromatic carbocycles. The normalized spacial score (nSPS) is 25.5. The fourth-order valence-electron chi connectivity index (χ4n) is 3.31. The summed E-state index contributed by atoms with van der Waals surface area (Å²) in [5.41, 5.74) is 0. The van der Waals surface area contributed by atoms with Gasteiger partial charge in [0.25, 0.3) is 0 Å². The lowest BCUT2D eigenvalue weighted by atomic mass is 10.0. The van der Waals surface area contributed by atoms with Gasteiger partial charge in [-0.3, -0.25) is 4.99 Å². The fraction of sp³-hybridized carbons (Fsp3) is 0.941. The van der Waals surface area contributed by atoms with Gasteiger partial charge in [-0.25, -0.2) is 0 Å². The average Bonchev–Trinajstić information content (AvgIpc) is 3.40. The molecule has 1 aliphatic carbocycles. The molecule has 2 aliphatic heterocycles. The van der Waals surface area contributed by atoms with Gasteiger partial charge in [0.05, 0.1) is 6.10 Å². The molecule has 0 amide bonds. The quantitative estimate of drug-likeness (QED) is 0.623. The number of hydrogen-bond donors (Lipinski definition) is 1. The lowest BCUT2D eigenvalue weighted by Gasteiger charge is -2.35. The monoisotopic (exact) mass is 325 g/mol. The van der Waals surface area contributed by atoms with Crippen molar-refractivity contribution >= 4 is 17.7 Å². The van der Waals surface area contributed by atoms with E-state index in [1.807, 2.05) is 7.05 Å². The lowest BCUT2D eigenvalue weighted by molar-refractivity contribution is 0.0131. The number of likely N-dealkylation sites (tertiary alicyclic amines) is 1. The first-order chi connectivity index (χ1) is 10.8. The largest absolute Gasteiger partial charge is 0.378 e. The van der Waals surface area contributed by atoms with Crippen LogP contribution in [0.5, 0.6) is 0 Å². The van der Waals surface area contributed by atoms with Gasteiger partial charge >= 0.3 is 0 Å². The van der Waals surface area contributed by atoms with Crippen LogP contribution in [0, 0.1) is 11.8 Å². The molecule has 1 N–H and O–H groups in total. The molecule has 2 saturated heterocycles. The van der Waals surface area contributed by atoms with Crippen LogP contribution in [0.4, 0.5) is 0 Å². The van der Waals surface area contributed by atoms with Crippen LogP contribution in [0.15, 0.2) is 4.99 Å². The molecule has 5 heteroatoms. The number of nitrogens with zero attached hydrogens (tertiary/aromatic N) is 2. The average molecular weight is 326 g/mol. The number of nitrogens with one attached hydrogen (secondary N) is 1. The van der Waals surface area contributed by atoms with Crippen LogP contribution >= 0.6 is 11.8 Å². The second-order valence-corrected chi connectivity index (χ2v) is 8.17. The highest BCUT2D eigenvalue weighted by Crippen LogP contribution is 2.30. The van der Waals surface area contributed by atoms with E-state index in [1.165, 1.54) is 37.2 Å². The Morgan fingerprint density at radius 1 is 1.09 bits per heavy atom. The summed E-state index contributed by atoms with van der Waals surface area (Å²) in [7, 11) is 1.91. The molecular formula is C17H31N3OS. The van der Waals surface area contributed by atoms with Gasteiger partial charge < -0.3 is 15.0 Å². The molecule has 3 aliphatic rings. The fourth-order valence-corrected chi connectivity index (χ4v) is 4.51. The van der Waals surface area contributed by atoms with Crippen LogP contribution in [0.2, 0.25) is 0 Å². The van der Waals surface area contributed by atoms with Gasteiger partial charge in [0, 0.05) is 33.3 Å². The summed E-state index contributed by atoms with van der Waals surface area (Å²) >= 11 is 2.10. The first-order valence-electron chi connectivity index (χ1n) is 9.00.